The van der Waals surface area contributed by atoms with Crippen LogP contribution < -0.4 is 4.90 Å². The van der Waals surface area contributed by atoms with E-state index in [0.717, 1.165) is 22.6 Å². The first kappa shape index (κ1) is 18.6. The molecule has 1 aromatic heterocycles. The van der Waals surface area contributed by atoms with E-state index >= 15 is 0 Å². The Hall–Kier alpha value is -2.77. The molecule has 0 N–H and O–H groups in total. The first-order valence-electron chi connectivity index (χ1n) is 9.23. The molecule has 0 radical (unpaired) electrons. The number of nitrogens with zero attached hydrogens (tertiary/aromatic N) is 4. The van der Waals surface area contributed by atoms with Gasteiger partial charge in [-0.2, -0.15) is 4.31 Å². The van der Waals surface area contributed by atoms with Gasteiger partial charge in [-0.3, -0.25) is 0 Å². The normalized spacial score (nSPS) is 15.5. The second-order valence-electron chi connectivity index (χ2n) is 6.83. The van der Waals surface area contributed by atoms with Crippen LogP contribution >= 0.6 is 0 Å². The molecule has 3 aromatic rings. The molecule has 0 saturated carbocycles. The molecule has 0 aliphatic carbocycles. The molecule has 0 amide bonds. The Labute approximate surface area is 165 Å². The number of rotatable bonds is 4. The largest absolute Gasteiger partial charge is 0.354 e. The van der Waals surface area contributed by atoms with Crippen molar-refractivity contribution in [2.75, 3.05) is 31.1 Å². The third-order valence-corrected chi connectivity index (χ3v) is 6.86. The number of aryl methyl sites for hydroxylation is 1. The maximum atomic E-state index is 12.9. The molecule has 1 aliphatic heterocycles. The van der Waals surface area contributed by atoms with Crippen molar-refractivity contribution in [3.63, 3.8) is 0 Å². The van der Waals surface area contributed by atoms with Crippen molar-refractivity contribution in [2.24, 2.45) is 0 Å². The molecule has 1 fully saturated rings. The molecule has 6 nitrogen and oxygen atoms in total. The van der Waals surface area contributed by atoms with Crippen LogP contribution in [0.4, 0.5) is 5.82 Å². The molecule has 1 saturated heterocycles. The van der Waals surface area contributed by atoms with E-state index in [4.69, 9.17) is 0 Å². The summed E-state index contributed by atoms with van der Waals surface area (Å²) in [4.78, 5) is 11.2. The van der Waals surface area contributed by atoms with Gasteiger partial charge in [0, 0.05) is 37.8 Å². The zero-order valence-electron chi connectivity index (χ0n) is 15.7. The Balaban J connectivity index is 1.48. The van der Waals surface area contributed by atoms with Gasteiger partial charge in [-0.05, 0) is 19.1 Å². The van der Waals surface area contributed by atoms with Crippen LogP contribution in [0.3, 0.4) is 0 Å². The highest BCUT2D eigenvalue weighted by molar-refractivity contribution is 7.89. The molecule has 4 rings (SSSR count). The monoisotopic (exact) mass is 394 g/mol. The van der Waals surface area contributed by atoms with Crippen molar-refractivity contribution in [3.8, 4) is 11.3 Å². The molecule has 0 atom stereocenters. The lowest BCUT2D eigenvalue weighted by atomic mass is 10.1. The summed E-state index contributed by atoms with van der Waals surface area (Å²) in [6.45, 7) is 4.00. The van der Waals surface area contributed by atoms with Gasteiger partial charge in [0.2, 0.25) is 10.0 Å². The van der Waals surface area contributed by atoms with Crippen LogP contribution in [0.2, 0.25) is 0 Å². The molecule has 2 heterocycles. The van der Waals surface area contributed by atoms with Crippen molar-refractivity contribution in [2.45, 2.75) is 11.8 Å². The number of benzene rings is 2. The van der Waals surface area contributed by atoms with Gasteiger partial charge in [0.15, 0.2) is 0 Å². The Bertz CT molecular complexity index is 1050. The van der Waals surface area contributed by atoms with E-state index in [9.17, 15) is 8.42 Å². The van der Waals surface area contributed by atoms with Crippen LogP contribution in [0, 0.1) is 6.92 Å². The van der Waals surface area contributed by atoms with Gasteiger partial charge in [-0.1, -0.05) is 48.0 Å². The molecular formula is C21H22N4O2S. The third-order valence-electron chi connectivity index (χ3n) is 4.94. The van der Waals surface area contributed by atoms with E-state index in [1.54, 1.807) is 22.8 Å². The van der Waals surface area contributed by atoms with E-state index in [2.05, 4.69) is 14.9 Å². The zero-order chi connectivity index (χ0) is 19.6. The van der Waals surface area contributed by atoms with Crippen LogP contribution in [-0.2, 0) is 10.0 Å². The minimum absolute atomic E-state index is 0.347. The number of sulfonamides is 1. The highest BCUT2D eigenvalue weighted by Gasteiger charge is 2.29. The molecule has 144 valence electrons. The Kier molecular flexibility index (Phi) is 5.11. The third kappa shape index (κ3) is 3.76. The molecule has 2 aromatic carbocycles. The number of anilines is 1. The number of aromatic nitrogens is 2. The topological polar surface area (TPSA) is 66.4 Å². The second kappa shape index (κ2) is 7.69. The highest BCUT2D eigenvalue weighted by Crippen LogP contribution is 2.23. The molecule has 1 aliphatic rings. The lowest BCUT2D eigenvalue weighted by Gasteiger charge is -2.34. The zero-order valence-corrected chi connectivity index (χ0v) is 16.5. The molecular weight excluding hydrogens is 372 g/mol. The van der Waals surface area contributed by atoms with E-state index in [1.165, 1.54) is 0 Å². The smallest absolute Gasteiger partial charge is 0.243 e. The van der Waals surface area contributed by atoms with Crippen molar-refractivity contribution in [1.82, 2.24) is 14.3 Å². The molecule has 28 heavy (non-hydrogen) atoms. The lowest BCUT2D eigenvalue weighted by Crippen LogP contribution is -2.48. The van der Waals surface area contributed by atoms with Crippen molar-refractivity contribution in [3.05, 3.63) is 72.6 Å². The molecule has 0 bridgehead atoms. The number of hydrogen-bond donors (Lipinski definition) is 0. The Morgan fingerprint density at radius 2 is 1.54 bits per heavy atom. The van der Waals surface area contributed by atoms with Gasteiger partial charge in [-0.15, -0.1) is 0 Å². The van der Waals surface area contributed by atoms with Crippen LogP contribution in [0.25, 0.3) is 11.3 Å². The minimum atomic E-state index is -3.46. The van der Waals surface area contributed by atoms with E-state index in [0.29, 0.717) is 31.1 Å². The van der Waals surface area contributed by atoms with Gasteiger partial charge in [0.25, 0.3) is 0 Å². The van der Waals surface area contributed by atoms with E-state index in [1.807, 2.05) is 55.5 Å². The molecule has 0 spiro atoms. The van der Waals surface area contributed by atoms with Crippen molar-refractivity contribution >= 4 is 15.8 Å². The Morgan fingerprint density at radius 3 is 2.21 bits per heavy atom. The van der Waals surface area contributed by atoms with Crippen molar-refractivity contribution < 1.29 is 8.42 Å². The van der Waals surface area contributed by atoms with E-state index < -0.39 is 10.0 Å². The summed E-state index contributed by atoms with van der Waals surface area (Å²) in [6.07, 6.45) is 1.56. The fourth-order valence-electron chi connectivity index (χ4n) is 3.30. The maximum Gasteiger partial charge on any atom is 0.243 e. The summed E-state index contributed by atoms with van der Waals surface area (Å²) in [5, 5.41) is 0. The summed E-state index contributed by atoms with van der Waals surface area (Å²) in [7, 11) is -3.46. The number of piperazine rings is 1. The SMILES string of the molecule is Cc1ccc(S(=O)(=O)N2CCN(c3cc(-c4ccccc4)ncn3)CC2)cc1. The second-order valence-corrected chi connectivity index (χ2v) is 8.77. The quantitative estimate of drug-likeness (QED) is 0.681. The molecule has 0 unspecified atom stereocenters. The summed E-state index contributed by atoms with van der Waals surface area (Å²) in [5.41, 5.74) is 2.94. The Morgan fingerprint density at radius 1 is 0.857 bits per heavy atom. The summed E-state index contributed by atoms with van der Waals surface area (Å²) < 4.78 is 27.3. The standard InChI is InChI=1S/C21H22N4O2S/c1-17-7-9-19(10-8-17)28(26,27)25-13-11-24(12-14-25)21-15-20(22-16-23-21)18-5-3-2-4-6-18/h2-10,15-16H,11-14H2,1H3. The van der Waals surface area contributed by atoms with Gasteiger partial charge in [-0.25, -0.2) is 18.4 Å². The highest BCUT2D eigenvalue weighted by atomic mass is 32.2. The fourth-order valence-corrected chi connectivity index (χ4v) is 4.73. The maximum absolute atomic E-state index is 12.9. The van der Waals surface area contributed by atoms with E-state index in [-0.39, 0.29) is 0 Å². The van der Waals surface area contributed by atoms with Gasteiger partial charge in [0.05, 0.1) is 10.6 Å². The first-order chi connectivity index (χ1) is 13.5. The average Bonchev–Trinajstić information content (AvgIpc) is 2.75. The summed E-state index contributed by atoms with van der Waals surface area (Å²) >= 11 is 0. The summed E-state index contributed by atoms with van der Waals surface area (Å²) in [5.74, 6) is 0.821. The summed E-state index contributed by atoms with van der Waals surface area (Å²) in [6, 6.07) is 18.9. The van der Waals surface area contributed by atoms with Crippen LogP contribution in [0.15, 0.2) is 71.9 Å². The van der Waals surface area contributed by atoms with Crippen LogP contribution in [0.1, 0.15) is 5.56 Å². The van der Waals surface area contributed by atoms with Gasteiger partial charge < -0.3 is 4.90 Å². The molecule has 7 heteroatoms. The van der Waals surface area contributed by atoms with Crippen molar-refractivity contribution in [1.29, 1.82) is 0 Å². The first-order valence-corrected chi connectivity index (χ1v) is 10.7. The predicted octanol–water partition coefficient (Wildman–Crippen LogP) is 2.96. The minimum Gasteiger partial charge on any atom is -0.354 e. The fraction of sp³-hybridized carbons (Fsp3) is 0.238. The lowest BCUT2D eigenvalue weighted by molar-refractivity contribution is 0.384. The average molecular weight is 395 g/mol. The van der Waals surface area contributed by atoms with Crippen LogP contribution in [0.5, 0.6) is 0 Å². The van der Waals surface area contributed by atoms with Crippen LogP contribution in [-0.4, -0.2) is 48.9 Å². The van der Waals surface area contributed by atoms with Gasteiger partial charge >= 0.3 is 0 Å². The predicted molar refractivity (Wildman–Crippen MR) is 110 cm³/mol. The van der Waals surface area contributed by atoms with Gasteiger partial charge in [0.1, 0.15) is 12.1 Å². The number of hydrogen-bond acceptors (Lipinski definition) is 5.